The van der Waals surface area contributed by atoms with Gasteiger partial charge in [-0.2, -0.15) is 0 Å². The number of nitrogens with one attached hydrogen (secondary N) is 1. The molecule has 0 saturated carbocycles. The fourth-order valence-electron chi connectivity index (χ4n) is 2.81. The lowest BCUT2D eigenvalue weighted by atomic mass is 10.3. The van der Waals surface area contributed by atoms with Gasteiger partial charge in [-0.15, -0.1) is 0 Å². The highest BCUT2D eigenvalue weighted by molar-refractivity contribution is 7.22. The Hall–Kier alpha value is -2.19. The molecule has 152 valence electrons. The number of hydrogen-bond acceptors (Lipinski definition) is 5. The number of thiazole rings is 1. The predicted octanol–water partition coefficient (Wildman–Crippen LogP) is 4.53. The van der Waals surface area contributed by atoms with E-state index in [-0.39, 0.29) is 24.9 Å². The molecule has 9 heteroatoms. The molecule has 1 heterocycles. The van der Waals surface area contributed by atoms with E-state index in [9.17, 15) is 9.59 Å². The van der Waals surface area contributed by atoms with Crippen molar-refractivity contribution in [1.29, 1.82) is 0 Å². The quantitative estimate of drug-likeness (QED) is 0.574. The first-order chi connectivity index (χ1) is 13.9. The first-order valence-electron chi connectivity index (χ1n) is 8.97. The normalized spacial score (nSPS) is 11.1. The Morgan fingerprint density at radius 3 is 2.41 bits per heavy atom. The molecule has 29 heavy (non-hydrogen) atoms. The second-order valence-electron chi connectivity index (χ2n) is 6.42. The average Bonchev–Trinajstić information content (AvgIpc) is 3.08. The highest BCUT2D eigenvalue weighted by Crippen LogP contribution is 2.30. The third kappa shape index (κ3) is 5.25. The minimum Gasteiger partial charge on any atom is -0.322 e. The molecule has 1 aromatic heterocycles. The molecule has 0 aliphatic carbocycles. The van der Waals surface area contributed by atoms with Crippen LogP contribution in [0, 0.1) is 0 Å². The second kappa shape index (κ2) is 9.54. The number of benzene rings is 2. The summed E-state index contributed by atoms with van der Waals surface area (Å²) in [6.07, 6.45) is 0. The number of fused-ring (bicyclic) bond motifs is 1. The monoisotopic (exact) mass is 450 g/mol. The molecule has 0 spiro atoms. The summed E-state index contributed by atoms with van der Waals surface area (Å²) in [6, 6.07) is 12.8. The fourth-order valence-corrected chi connectivity index (χ4v) is 4.35. The Bertz CT molecular complexity index is 987. The van der Waals surface area contributed by atoms with E-state index >= 15 is 0 Å². The van der Waals surface area contributed by atoms with E-state index in [1.54, 1.807) is 35.0 Å². The van der Waals surface area contributed by atoms with Crippen molar-refractivity contribution in [3.8, 4) is 0 Å². The van der Waals surface area contributed by atoms with Crippen LogP contribution in [0.1, 0.15) is 6.92 Å². The number of amides is 2. The first-order valence-corrected chi connectivity index (χ1v) is 10.5. The number of carbonyl (C=O) groups is 2. The number of rotatable bonds is 7. The van der Waals surface area contributed by atoms with Gasteiger partial charge in [-0.25, -0.2) is 4.98 Å². The van der Waals surface area contributed by atoms with E-state index in [4.69, 9.17) is 23.2 Å². The van der Waals surface area contributed by atoms with Crippen molar-refractivity contribution in [2.75, 3.05) is 36.9 Å². The SMILES string of the molecule is CCN(C(=O)CN(C)CC(=O)Nc1c(Cl)cccc1Cl)c1nc2ccccc2s1. The van der Waals surface area contributed by atoms with E-state index in [1.165, 1.54) is 11.3 Å². The van der Waals surface area contributed by atoms with Gasteiger partial charge in [0.15, 0.2) is 5.13 Å². The van der Waals surface area contributed by atoms with Crippen molar-refractivity contribution >= 4 is 67.4 Å². The number of hydrogen-bond donors (Lipinski definition) is 1. The van der Waals surface area contributed by atoms with E-state index in [0.717, 1.165) is 10.2 Å². The molecule has 0 aliphatic rings. The van der Waals surface area contributed by atoms with Crippen LogP contribution in [-0.2, 0) is 9.59 Å². The molecule has 0 fully saturated rings. The molecule has 0 saturated heterocycles. The number of likely N-dealkylation sites (N-methyl/N-ethyl adjacent to an activating group) is 2. The van der Waals surface area contributed by atoms with Gasteiger partial charge in [0, 0.05) is 6.54 Å². The van der Waals surface area contributed by atoms with Crippen LogP contribution in [0.3, 0.4) is 0 Å². The van der Waals surface area contributed by atoms with Gasteiger partial charge in [0.1, 0.15) is 0 Å². The van der Waals surface area contributed by atoms with Crippen molar-refractivity contribution in [3.05, 3.63) is 52.5 Å². The minimum atomic E-state index is -0.307. The van der Waals surface area contributed by atoms with Crippen molar-refractivity contribution < 1.29 is 9.59 Å². The zero-order valence-electron chi connectivity index (χ0n) is 16.0. The van der Waals surface area contributed by atoms with Crippen LogP contribution in [0.25, 0.3) is 10.2 Å². The van der Waals surface area contributed by atoms with E-state index in [1.807, 2.05) is 31.2 Å². The summed E-state index contributed by atoms with van der Waals surface area (Å²) in [4.78, 5) is 32.9. The van der Waals surface area contributed by atoms with Crippen LogP contribution in [0.15, 0.2) is 42.5 Å². The van der Waals surface area contributed by atoms with Crippen molar-refractivity contribution in [3.63, 3.8) is 0 Å². The molecular formula is C20H20Cl2N4O2S. The molecule has 2 amide bonds. The summed E-state index contributed by atoms with van der Waals surface area (Å²) in [5.74, 6) is -0.434. The Balaban J connectivity index is 1.62. The molecule has 0 atom stereocenters. The second-order valence-corrected chi connectivity index (χ2v) is 8.24. The summed E-state index contributed by atoms with van der Waals surface area (Å²) in [5.41, 5.74) is 1.23. The molecule has 1 N–H and O–H groups in total. The van der Waals surface area contributed by atoms with Crippen molar-refractivity contribution in [1.82, 2.24) is 9.88 Å². The third-order valence-electron chi connectivity index (χ3n) is 4.18. The highest BCUT2D eigenvalue weighted by atomic mass is 35.5. The van der Waals surface area contributed by atoms with Gasteiger partial charge in [-0.05, 0) is 38.2 Å². The number of halogens is 2. The van der Waals surface area contributed by atoms with Gasteiger partial charge in [0.25, 0.3) is 0 Å². The molecule has 6 nitrogen and oxygen atoms in total. The first kappa shape index (κ1) is 21.5. The molecule has 3 rings (SSSR count). The standard InChI is InChI=1S/C20H20Cl2N4O2S/c1-3-26(20-23-15-9-4-5-10-16(15)29-20)18(28)12-25(2)11-17(27)24-19-13(21)7-6-8-14(19)22/h4-10H,3,11-12H2,1-2H3,(H,24,27). The van der Waals surface area contributed by atoms with E-state index in [0.29, 0.717) is 27.4 Å². The van der Waals surface area contributed by atoms with Crippen LogP contribution in [-0.4, -0.2) is 48.4 Å². The summed E-state index contributed by atoms with van der Waals surface area (Å²) in [6.45, 7) is 2.49. The number of carbonyl (C=O) groups excluding carboxylic acids is 2. The van der Waals surface area contributed by atoms with Gasteiger partial charge in [0.05, 0.1) is 39.0 Å². The topological polar surface area (TPSA) is 65.5 Å². The molecular weight excluding hydrogens is 431 g/mol. The third-order valence-corrected chi connectivity index (χ3v) is 5.87. The zero-order valence-corrected chi connectivity index (χ0v) is 18.3. The van der Waals surface area contributed by atoms with Gasteiger partial charge in [-0.1, -0.05) is 52.7 Å². The molecule has 0 aliphatic heterocycles. The lowest BCUT2D eigenvalue weighted by Crippen LogP contribution is -2.41. The predicted molar refractivity (Wildman–Crippen MR) is 120 cm³/mol. The molecule has 0 radical (unpaired) electrons. The lowest BCUT2D eigenvalue weighted by molar-refractivity contribution is -0.121. The zero-order chi connectivity index (χ0) is 21.0. The minimum absolute atomic E-state index is 0.0185. The van der Waals surface area contributed by atoms with Gasteiger partial charge >= 0.3 is 0 Å². The highest BCUT2D eigenvalue weighted by Gasteiger charge is 2.20. The lowest BCUT2D eigenvalue weighted by Gasteiger charge is -2.22. The summed E-state index contributed by atoms with van der Waals surface area (Å²) in [5, 5.41) is 4.07. The number of para-hydroxylation sites is 2. The Morgan fingerprint density at radius 2 is 1.76 bits per heavy atom. The maximum Gasteiger partial charge on any atom is 0.242 e. The van der Waals surface area contributed by atoms with Gasteiger partial charge in [0.2, 0.25) is 11.8 Å². The Kier molecular flexibility index (Phi) is 7.08. The fraction of sp³-hybridized carbons (Fsp3) is 0.250. The average molecular weight is 451 g/mol. The van der Waals surface area contributed by atoms with Crippen LogP contribution >= 0.6 is 34.5 Å². The Labute approximate surface area is 183 Å². The largest absolute Gasteiger partial charge is 0.322 e. The molecule has 3 aromatic rings. The van der Waals surface area contributed by atoms with E-state index < -0.39 is 0 Å². The Morgan fingerprint density at radius 1 is 1.07 bits per heavy atom. The van der Waals surface area contributed by atoms with Gasteiger partial charge in [-0.3, -0.25) is 19.4 Å². The maximum atomic E-state index is 12.8. The summed E-state index contributed by atoms with van der Waals surface area (Å²) in [7, 11) is 1.71. The number of anilines is 2. The van der Waals surface area contributed by atoms with Crippen LogP contribution in [0.4, 0.5) is 10.8 Å². The molecule has 2 aromatic carbocycles. The maximum absolute atomic E-state index is 12.8. The summed E-state index contributed by atoms with van der Waals surface area (Å²) < 4.78 is 1.03. The number of nitrogens with zero attached hydrogens (tertiary/aromatic N) is 3. The van der Waals surface area contributed by atoms with Gasteiger partial charge < -0.3 is 5.32 Å². The van der Waals surface area contributed by atoms with Crippen LogP contribution in [0.5, 0.6) is 0 Å². The van der Waals surface area contributed by atoms with Crippen LogP contribution in [0.2, 0.25) is 10.0 Å². The van der Waals surface area contributed by atoms with Crippen molar-refractivity contribution in [2.24, 2.45) is 0 Å². The van der Waals surface area contributed by atoms with Crippen molar-refractivity contribution in [2.45, 2.75) is 6.92 Å². The molecule has 0 bridgehead atoms. The smallest absolute Gasteiger partial charge is 0.242 e. The molecule has 0 unspecified atom stereocenters. The summed E-state index contributed by atoms with van der Waals surface area (Å²) >= 11 is 13.6. The van der Waals surface area contributed by atoms with Crippen LogP contribution < -0.4 is 10.2 Å². The number of aromatic nitrogens is 1. The van der Waals surface area contributed by atoms with E-state index in [2.05, 4.69) is 10.3 Å².